The van der Waals surface area contributed by atoms with Crippen molar-refractivity contribution >= 4 is 27.7 Å². The molecular weight excluding hydrogens is 316 g/mol. The van der Waals surface area contributed by atoms with Crippen LogP contribution in [0.2, 0.25) is 0 Å². The molecular formula is C12H9BrN2O2S. The average molecular weight is 325 g/mol. The van der Waals surface area contributed by atoms with Crippen LogP contribution in [0.5, 0.6) is 5.75 Å². The molecule has 18 heavy (non-hydrogen) atoms. The van der Waals surface area contributed by atoms with Crippen molar-refractivity contribution in [1.82, 2.24) is 9.97 Å². The monoisotopic (exact) mass is 324 g/mol. The van der Waals surface area contributed by atoms with Gasteiger partial charge in [-0.2, -0.15) is 0 Å². The molecule has 0 radical (unpaired) electrons. The first kappa shape index (κ1) is 11.8. The largest absolute Gasteiger partial charge is 0.480 e. The molecule has 1 aromatic carbocycles. The quantitative estimate of drug-likeness (QED) is 0.876. The van der Waals surface area contributed by atoms with Crippen LogP contribution in [0.25, 0.3) is 0 Å². The first-order valence-electron chi connectivity index (χ1n) is 5.37. The van der Waals surface area contributed by atoms with E-state index >= 15 is 0 Å². The molecule has 0 bridgehead atoms. The highest BCUT2D eigenvalue weighted by Gasteiger charge is 2.23. The van der Waals surface area contributed by atoms with Crippen LogP contribution in [0.1, 0.15) is 11.9 Å². The van der Waals surface area contributed by atoms with E-state index in [0.717, 1.165) is 16.4 Å². The van der Waals surface area contributed by atoms with Crippen LogP contribution >= 0.6 is 27.7 Å². The van der Waals surface area contributed by atoms with Gasteiger partial charge in [0.1, 0.15) is 10.2 Å². The van der Waals surface area contributed by atoms with Gasteiger partial charge in [-0.1, -0.05) is 12.1 Å². The van der Waals surface area contributed by atoms with Gasteiger partial charge in [-0.05, 0) is 28.1 Å². The van der Waals surface area contributed by atoms with Gasteiger partial charge in [0.05, 0.1) is 0 Å². The zero-order chi connectivity index (χ0) is 12.5. The molecule has 1 atom stereocenters. The summed E-state index contributed by atoms with van der Waals surface area (Å²) in [6.07, 6.45) is 1.29. The number of rotatable bonds is 1. The van der Waals surface area contributed by atoms with Crippen molar-refractivity contribution in [2.24, 2.45) is 0 Å². The molecule has 0 aliphatic carbocycles. The molecule has 3 rings (SSSR count). The average Bonchev–Trinajstić information content (AvgIpc) is 2.41. The van der Waals surface area contributed by atoms with E-state index in [2.05, 4.69) is 25.9 Å². The van der Waals surface area contributed by atoms with Gasteiger partial charge in [0.25, 0.3) is 5.56 Å². The molecule has 1 unspecified atom stereocenters. The van der Waals surface area contributed by atoms with Gasteiger partial charge >= 0.3 is 0 Å². The SMILES string of the molecule is O=c1[nH]c(C2CSc3ccccc3O2)ncc1Br. The van der Waals surface area contributed by atoms with E-state index < -0.39 is 0 Å². The van der Waals surface area contributed by atoms with Crippen molar-refractivity contribution < 1.29 is 4.74 Å². The maximum atomic E-state index is 11.5. The number of para-hydroxylation sites is 1. The summed E-state index contributed by atoms with van der Waals surface area (Å²) < 4.78 is 6.27. The zero-order valence-electron chi connectivity index (χ0n) is 9.22. The van der Waals surface area contributed by atoms with Gasteiger partial charge in [0.2, 0.25) is 0 Å². The Kier molecular flexibility index (Phi) is 3.13. The first-order valence-corrected chi connectivity index (χ1v) is 7.15. The van der Waals surface area contributed by atoms with Crippen molar-refractivity contribution in [2.75, 3.05) is 5.75 Å². The number of fused-ring (bicyclic) bond motifs is 1. The fourth-order valence-corrected chi connectivity index (χ4v) is 2.90. The molecule has 6 heteroatoms. The number of nitrogens with one attached hydrogen (secondary N) is 1. The van der Waals surface area contributed by atoms with E-state index in [1.165, 1.54) is 6.20 Å². The van der Waals surface area contributed by atoms with Crippen LogP contribution in [0.4, 0.5) is 0 Å². The molecule has 1 aromatic heterocycles. The molecule has 92 valence electrons. The number of H-pyrrole nitrogens is 1. The fourth-order valence-electron chi connectivity index (χ4n) is 1.71. The maximum Gasteiger partial charge on any atom is 0.265 e. The number of thioether (sulfide) groups is 1. The molecule has 0 saturated heterocycles. The Morgan fingerprint density at radius 1 is 1.44 bits per heavy atom. The summed E-state index contributed by atoms with van der Waals surface area (Å²) in [5.74, 6) is 2.14. The van der Waals surface area contributed by atoms with Crippen molar-refractivity contribution in [3.8, 4) is 5.75 Å². The Labute approximate surface area is 116 Å². The Morgan fingerprint density at radius 2 is 2.28 bits per heavy atom. The van der Waals surface area contributed by atoms with E-state index in [1.54, 1.807) is 11.8 Å². The second kappa shape index (κ2) is 4.78. The highest BCUT2D eigenvalue weighted by atomic mass is 79.9. The number of aromatic amines is 1. The van der Waals surface area contributed by atoms with Crippen molar-refractivity contribution in [2.45, 2.75) is 11.0 Å². The van der Waals surface area contributed by atoms with Crippen LogP contribution in [0.15, 0.2) is 44.6 Å². The number of nitrogens with zero attached hydrogens (tertiary/aromatic N) is 1. The summed E-state index contributed by atoms with van der Waals surface area (Å²) in [5, 5.41) is 0. The minimum atomic E-state index is -0.217. The Morgan fingerprint density at radius 3 is 3.11 bits per heavy atom. The number of ether oxygens (including phenoxy) is 1. The lowest BCUT2D eigenvalue weighted by Gasteiger charge is -2.24. The highest BCUT2D eigenvalue weighted by molar-refractivity contribution is 9.10. The highest BCUT2D eigenvalue weighted by Crippen LogP contribution is 2.39. The number of hydrogen-bond acceptors (Lipinski definition) is 4. The molecule has 0 spiro atoms. The van der Waals surface area contributed by atoms with Gasteiger partial charge in [-0.3, -0.25) is 4.79 Å². The first-order chi connectivity index (χ1) is 8.74. The van der Waals surface area contributed by atoms with Gasteiger partial charge in [0, 0.05) is 16.8 Å². The standard InChI is InChI=1S/C12H9BrN2O2S/c13-7-5-14-11(15-12(7)16)9-6-18-10-4-2-1-3-8(10)17-9/h1-5,9H,6H2,(H,14,15,16). The summed E-state index contributed by atoms with van der Waals surface area (Å²) in [4.78, 5) is 19.6. The van der Waals surface area contributed by atoms with E-state index in [9.17, 15) is 4.79 Å². The third-order valence-electron chi connectivity index (χ3n) is 2.59. The van der Waals surface area contributed by atoms with Crippen LogP contribution < -0.4 is 10.3 Å². The minimum Gasteiger partial charge on any atom is -0.480 e. The number of halogens is 1. The number of hydrogen-bond donors (Lipinski definition) is 1. The third kappa shape index (κ3) is 2.18. The summed E-state index contributed by atoms with van der Waals surface area (Å²) in [7, 11) is 0. The molecule has 1 N–H and O–H groups in total. The minimum absolute atomic E-state index is 0.188. The van der Waals surface area contributed by atoms with Crippen LogP contribution in [0.3, 0.4) is 0 Å². The van der Waals surface area contributed by atoms with Crippen LogP contribution in [0, 0.1) is 0 Å². The topological polar surface area (TPSA) is 55.0 Å². The lowest BCUT2D eigenvalue weighted by molar-refractivity contribution is 0.210. The Balaban J connectivity index is 1.92. The van der Waals surface area contributed by atoms with E-state index in [0.29, 0.717) is 10.3 Å². The fraction of sp³-hybridized carbons (Fsp3) is 0.167. The normalized spacial score (nSPS) is 17.9. The van der Waals surface area contributed by atoms with Crippen molar-refractivity contribution in [3.05, 3.63) is 51.1 Å². The van der Waals surface area contributed by atoms with Gasteiger partial charge in [0.15, 0.2) is 11.9 Å². The summed E-state index contributed by atoms with van der Waals surface area (Å²) in [6.45, 7) is 0. The molecule has 4 nitrogen and oxygen atoms in total. The summed E-state index contributed by atoms with van der Waals surface area (Å²) in [6, 6.07) is 7.86. The van der Waals surface area contributed by atoms with E-state index in [4.69, 9.17) is 4.74 Å². The molecule has 1 aliphatic rings. The van der Waals surface area contributed by atoms with E-state index in [1.807, 2.05) is 24.3 Å². The molecule has 0 saturated carbocycles. The smallest absolute Gasteiger partial charge is 0.265 e. The summed E-state index contributed by atoms with van der Waals surface area (Å²) in [5.41, 5.74) is -0.188. The van der Waals surface area contributed by atoms with Crippen molar-refractivity contribution in [3.63, 3.8) is 0 Å². The second-order valence-corrected chi connectivity index (χ2v) is 5.73. The van der Waals surface area contributed by atoms with Gasteiger partial charge in [-0.15, -0.1) is 11.8 Å². The second-order valence-electron chi connectivity index (χ2n) is 3.81. The third-order valence-corrected chi connectivity index (χ3v) is 4.27. The van der Waals surface area contributed by atoms with Gasteiger partial charge in [-0.25, -0.2) is 4.98 Å². The lowest BCUT2D eigenvalue weighted by Crippen LogP contribution is -2.21. The number of benzene rings is 1. The van der Waals surface area contributed by atoms with Crippen LogP contribution in [-0.4, -0.2) is 15.7 Å². The molecule has 0 fully saturated rings. The molecule has 2 aromatic rings. The molecule has 0 amide bonds. The van der Waals surface area contributed by atoms with Gasteiger partial charge < -0.3 is 9.72 Å². The van der Waals surface area contributed by atoms with Crippen LogP contribution in [-0.2, 0) is 0 Å². The Hall–Kier alpha value is -1.27. The van der Waals surface area contributed by atoms with E-state index in [-0.39, 0.29) is 11.7 Å². The zero-order valence-corrected chi connectivity index (χ0v) is 11.6. The van der Waals surface area contributed by atoms with Crippen molar-refractivity contribution in [1.29, 1.82) is 0 Å². The lowest BCUT2D eigenvalue weighted by atomic mass is 10.3. The predicted molar refractivity (Wildman–Crippen MR) is 73.1 cm³/mol. The maximum absolute atomic E-state index is 11.5. The predicted octanol–water partition coefficient (Wildman–Crippen LogP) is 2.76. The number of aromatic nitrogens is 2. The molecule has 1 aliphatic heterocycles. The molecule has 2 heterocycles. The Bertz CT molecular complexity index is 644. The summed E-state index contributed by atoms with van der Waals surface area (Å²) >= 11 is 4.83.